The van der Waals surface area contributed by atoms with Crippen LogP contribution in [0.15, 0.2) is 42.9 Å². The Bertz CT molecular complexity index is 989. The third-order valence-electron chi connectivity index (χ3n) is 7.22. The normalized spacial score (nSPS) is 18.8. The Balaban J connectivity index is 1.54. The maximum Gasteiger partial charge on any atom is 0.274 e. The number of hydrogen-bond acceptors (Lipinski definition) is 6. The molecule has 8 heteroatoms. The van der Waals surface area contributed by atoms with Gasteiger partial charge in [-0.1, -0.05) is 24.6 Å². The molecule has 1 aromatic heterocycles. The van der Waals surface area contributed by atoms with Gasteiger partial charge in [-0.2, -0.15) is 0 Å². The number of nitrogens with zero attached hydrogens (tertiary/aromatic N) is 5. The third-order valence-corrected chi connectivity index (χ3v) is 7.22. The first kappa shape index (κ1) is 25.1. The first-order chi connectivity index (χ1) is 17.0. The number of carbonyl (C=O) groups is 2. The van der Waals surface area contributed by atoms with Gasteiger partial charge in [0.15, 0.2) is 0 Å². The van der Waals surface area contributed by atoms with E-state index in [2.05, 4.69) is 22.1 Å². The van der Waals surface area contributed by atoms with Crippen LogP contribution in [0, 0.1) is 5.41 Å². The van der Waals surface area contributed by atoms with Crippen LogP contribution in [0.4, 0.5) is 0 Å². The van der Waals surface area contributed by atoms with Crippen LogP contribution in [-0.2, 0) is 11.2 Å². The number of ether oxygens (including phenoxy) is 1. The topological polar surface area (TPSA) is 78.9 Å². The molecule has 1 fully saturated rings. The van der Waals surface area contributed by atoms with Gasteiger partial charge in [-0.15, -0.1) is 0 Å². The van der Waals surface area contributed by atoms with Crippen molar-refractivity contribution in [3.8, 4) is 5.75 Å². The Morgan fingerprint density at radius 3 is 2.57 bits per heavy atom. The molecule has 8 nitrogen and oxygen atoms in total. The average Bonchev–Trinajstić information content (AvgIpc) is 2.86. The van der Waals surface area contributed by atoms with E-state index < -0.39 is 0 Å². The van der Waals surface area contributed by atoms with Gasteiger partial charge in [0.05, 0.1) is 19.3 Å². The summed E-state index contributed by atoms with van der Waals surface area (Å²) in [4.78, 5) is 40.3. The number of piperidine rings is 1. The second-order valence-corrected chi connectivity index (χ2v) is 10.1. The number of aryl methyl sites for hydroxylation is 1. The molecule has 3 heterocycles. The van der Waals surface area contributed by atoms with Gasteiger partial charge in [0, 0.05) is 32.0 Å². The van der Waals surface area contributed by atoms with E-state index in [9.17, 15) is 9.59 Å². The van der Waals surface area contributed by atoms with Crippen LogP contribution in [0.25, 0.3) is 0 Å². The van der Waals surface area contributed by atoms with Crippen LogP contribution >= 0.6 is 0 Å². The number of benzene rings is 1. The number of likely N-dealkylation sites (tertiary alicyclic amines) is 1. The number of aromatic nitrogens is 2. The lowest BCUT2D eigenvalue weighted by atomic mass is 9.73. The highest BCUT2D eigenvalue weighted by Gasteiger charge is 2.38. The zero-order valence-electron chi connectivity index (χ0n) is 21.0. The number of amides is 2. The van der Waals surface area contributed by atoms with Crippen LogP contribution in [0.5, 0.6) is 5.75 Å². The molecule has 0 N–H and O–H groups in total. The number of hydrogen-bond donors (Lipinski definition) is 0. The van der Waals surface area contributed by atoms with E-state index in [1.807, 2.05) is 40.9 Å². The van der Waals surface area contributed by atoms with Gasteiger partial charge in [0.25, 0.3) is 5.91 Å². The molecule has 4 rings (SSSR count). The van der Waals surface area contributed by atoms with Crippen molar-refractivity contribution in [1.29, 1.82) is 0 Å². The summed E-state index contributed by atoms with van der Waals surface area (Å²) >= 11 is 0. The largest absolute Gasteiger partial charge is 0.491 e. The first-order valence-electron chi connectivity index (χ1n) is 12.6. The molecule has 0 saturated carbocycles. The molecule has 1 spiro atoms. The SMILES string of the molecule is CN(C)CC(=O)N1CCC2(CCCCc3ccccc3OCCN(C(=O)c3cnccn3)C2)CC1. The summed E-state index contributed by atoms with van der Waals surface area (Å²) in [5, 5.41) is 0. The van der Waals surface area contributed by atoms with Crippen molar-refractivity contribution < 1.29 is 14.3 Å². The summed E-state index contributed by atoms with van der Waals surface area (Å²) in [7, 11) is 3.85. The van der Waals surface area contributed by atoms with Crippen LogP contribution in [0.1, 0.15) is 48.2 Å². The van der Waals surface area contributed by atoms with Crippen molar-refractivity contribution in [3.05, 3.63) is 54.1 Å². The maximum atomic E-state index is 13.5. The standard InChI is InChI=1S/C27H37N5O3/c1-30(2)20-25(33)31-15-11-27(12-16-31)10-6-5-8-22-7-3-4-9-24(22)35-18-17-32(21-27)26(34)23-19-28-13-14-29-23/h3-4,7,9,13-14,19H,5-6,8,10-12,15-18,20-21H2,1-2H3. The van der Waals surface area contributed by atoms with E-state index in [0.717, 1.165) is 57.4 Å². The van der Waals surface area contributed by atoms with Crippen molar-refractivity contribution in [2.24, 2.45) is 5.41 Å². The predicted molar refractivity (Wildman–Crippen MR) is 134 cm³/mol. The molecule has 2 amide bonds. The van der Waals surface area contributed by atoms with Crippen molar-refractivity contribution in [3.63, 3.8) is 0 Å². The van der Waals surface area contributed by atoms with Gasteiger partial charge in [0.2, 0.25) is 5.91 Å². The van der Waals surface area contributed by atoms with Gasteiger partial charge in [-0.25, -0.2) is 4.98 Å². The molecule has 0 aliphatic carbocycles. The molecule has 0 unspecified atom stereocenters. The number of likely N-dealkylation sites (N-methyl/N-ethyl adjacent to an activating group) is 1. The number of para-hydroxylation sites is 1. The molecule has 1 aromatic carbocycles. The summed E-state index contributed by atoms with van der Waals surface area (Å²) in [6.07, 6.45) is 10.6. The van der Waals surface area contributed by atoms with E-state index in [1.54, 1.807) is 12.4 Å². The fourth-order valence-electron chi connectivity index (χ4n) is 5.25. The highest BCUT2D eigenvalue weighted by Crippen LogP contribution is 2.38. The van der Waals surface area contributed by atoms with E-state index in [4.69, 9.17) is 4.74 Å². The molecule has 2 aliphatic rings. The third kappa shape index (κ3) is 6.57. The van der Waals surface area contributed by atoms with Gasteiger partial charge in [0.1, 0.15) is 18.1 Å². The van der Waals surface area contributed by atoms with Gasteiger partial charge in [-0.3, -0.25) is 14.6 Å². The number of carbonyl (C=O) groups excluding carboxylic acids is 2. The second-order valence-electron chi connectivity index (χ2n) is 10.1. The Morgan fingerprint density at radius 2 is 1.83 bits per heavy atom. The highest BCUT2D eigenvalue weighted by molar-refractivity contribution is 5.92. The summed E-state index contributed by atoms with van der Waals surface area (Å²) in [6.45, 7) is 3.45. The molecular weight excluding hydrogens is 442 g/mol. The maximum absolute atomic E-state index is 13.5. The quantitative estimate of drug-likeness (QED) is 0.674. The van der Waals surface area contributed by atoms with Crippen molar-refractivity contribution in [2.75, 3.05) is 53.4 Å². The molecule has 2 aliphatic heterocycles. The van der Waals surface area contributed by atoms with Crippen LogP contribution < -0.4 is 4.74 Å². The Morgan fingerprint density at radius 1 is 1.03 bits per heavy atom. The van der Waals surface area contributed by atoms with Crippen molar-refractivity contribution in [2.45, 2.75) is 38.5 Å². The van der Waals surface area contributed by atoms with Gasteiger partial charge in [-0.05, 0) is 63.2 Å². The minimum Gasteiger partial charge on any atom is -0.491 e. The van der Waals surface area contributed by atoms with Crippen LogP contribution in [-0.4, -0.2) is 89.9 Å². The molecule has 2 aromatic rings. The van der Waals surface area contributed by atoms with E-state index in [-0.39, 0.29) is 17.2 Å². The number of rotatable bonds is 3. The predicted octanol–water partition coefficient (Wildman–Crippen LogP) is 2.89. The molecular formula is C27H37N5O3. The van der Waals surface area contributed by atoms with Crippen LogP contribution in [0.2, 0.25) is 0 Å². The molecule has 0 bridgehead atoms. The van der Waals surface area contributed by atoms with Crippen molar-refractivity contribution >= 4 is 11.8 Å². The number of fused-ring (bicyclic) bond motifs is 1. The Kier molecular flexibility index (Phi) is 8.33. The minimum atomic E-state index is -0.113. The average molecular weight is 480 g/mol. The van der Waals surface area contributed by atoms with E-state index in [1.165, 1.54) is 11.8 Å². The minimum absolute atomic E-state index is 0.0223. The lowest BCUT2D eigenvalue weighted by Gasteiger charge is -2.45. The Hall–Kier alpha value is -3.00. The van der Waals surface area contributed by atoms with Crippen molar-refractivity contribution in [1.82, 2.24) is 24.7 Å². The molecule has 188 valence electrons. The Labute approximate surface area is 208 Å². The molecule has 0 radical (unpaired) electrons. The van der Waals surface area contributed by atoms with Crippen LogP contribution in [0.3, 0.4) is 0 Å². The smallest absolute Gasteiger partial charge is 0.274 e. The lowest BCUT2D eigenvalue weighted by Crippen LogP contribution is -2.51. The summed E-state index contributed by atoms with van der Waals surface area (Å²) in [5.41, 5.74) is 1.55. The lowest BCUT2D eigenvalue weighted by molar-refractivity contribution is -0.134. The monoisotopic (exact) mass is 479 g/mol. The second kappa shape index (κ2) is 11.6. The van der Waals surface area contributed by atoms with E-state index in [0.29, 0.717) is 31.9 Å². The molecule has 0 atom stereocenters. The van der Waals surface area contributed by atoms with E-state index >= 15 is 0 Å². The molecule has 35 heavy (non-hydrogen) atoms. The zero-order chi connectivity index (χ0) is 24.7. The van der Waals surface area contributed by atoms with Gasteiger partial charge >= 0.3 is 0 Å². The fourth-order valence-corrected chi connectivity index (χ4v) is 5.25. The fraction of sp³-hybridized carbons (Fsp3) is 0.556. The first-order valence-corrected chi connectivity index (χ1v) is 12.6. The highest BCUT2D eigenvalue weighted by atomic mass is 16.5. The summed E-state index contributed by atoms with van der Waals surface area (Å²) in [5.74, 6) is 0.968. The molecule has 1 saturated heterocycles. The summed E-state index contributed by atoms with van der Waals surface area (Å²) < 4.78 is 6.15. The van der Waals surface area contributed by atoms with Gasteiger partial charge < -0.3 is 19.4 Å². The summed E-state index contributed by atoms with van der Waals surface area (Å²) in [6, 6.07) is 8.19. The zero-order valence-corrected chi connectivity index (χ0v) is 21.0.